The summed E-state index contributed by atoms with van der Waals surface area (Å²) in [5.41, 5.74) is 1.24. The lowest BCUT2D eigenvalue weighted by Crippen LogP contribution is -2.24. The molecule has 1 atom stereocenters. The Labute approximate surface area is 121 Å². The molecule has 0 fully saturated rings. The van der Waals surface area contributed by atoms with Crippen molar-refractivity contribution in [3.8, 4) is 0 Å². The highest BCUT2D eigenvalue weighted by molar-refractivity contribution is 5.86. The first kappa shape index (κ1) is 15.0. The Morgan fingerprint density at radius 2 is 1.85 bits per heavy atom. The average Bonchev–Trinajstić information content (AvgIpc) is 2.51. The Kier molecular flexibility index (Phi) is 6.03. The molecule has 2 rings (SSSR count). The summed E-state index contributed by atoms with van der Waals surface area (Å²) < 4.78 is 0. The van der Waals surface area contributed by atoms with Crippen molar-refractivity contribution in [1.82, 2.24) is 5.32 Å². The normalized spacial score (nSPS) is 12.7. The smallest absolute Gasteiger partial charge is 0.0512 e. The maximum atomic E-state index is 9.70. The van der Waals surface area contributed by atoms with Gasteiger partial charge in [0.15, 0.2) is 0 Å². The summed E-state index contributed by atoms with van der Waals surface area (Å²) in [6, 6.07) is 14.7. The minimum absolute atomic E-state index is 0.169. The first-order valence-corrected chi connectivity index (χ1v) is 7.66. The third-order valence-electron chi connectivity index (χ3n) is 3.83. The minimum Gasteiger partial charge on any atom is -0.396 e. The second kappa shape index (κ2) is 8.03. The topological polar surface area (TPSA) is 32.3 Å². The van der Waals surface area contributed by atoms with Crippen LogP contribution in [0.15, 0.2) is 42.5 Å². The van der Waals surface area contributed by atoms with Crippen LogP contribution < -0.4 is 5.32 Å². The molecule has 2 heteroatoms. The molecule has 108 valence electrons. The number of nitrogens with one attached hydrogen (secondary N) is 1. The highest BCUT2D eigenvalue weighted by atomic mass is 16.3. The van der Waals surface area contributed by atoms with Crippen LogP contribution >= 0.6 is 0 Å². The van der Waals surface area contributed by atoms with E-state index in [0.717, 1.165) is 13.1 Å². The first-order valence-electron chi connectivity index (χ1n) is 7.66. The van der Waals surface area contributed by atoms with E-state index in [0.29, 0.717) is 0 Å². The zero-order valence-corrected chi connectivity index (χ0v) is 12.3. The van der Waals surface area contributed by atoms with Gasteiger partial charge in [-0.2, -0.15) is 0 Å². The molecule has 2 N–H and O–H groups in total. The lowest BCUT2D eigenvalue weighted by molar-refractivity contribution is 0.262. The van der Waals surface area contributed by atoms with Crippen LogP contribution in [0.5, 0.6) is 0 Å². The molecule has 2 aromatic carbocycles. The van der Waals surface area contributed by atoms with Crippen molar-refractivity contribution < 1.29 is 5.11 Å². The Bertz CT molecular complexity index is 518. The summed E-state index contributed by atoms with van der Waals surface area (Å²) in [7, 11) is 0. The summed E-state index contributed by atoms with van der Waals surface area (Å²) in [5.74, 6) is 0.169. The molecule has 1 unspecified atom stereocenters. The van der Waals surface area contributed by atoms with Gasteiger partial charge in [0.1, 0.15) is 0 Å². The van der Waals surface area contributed by atoms with Crippen LogP contribution in [0.3, 0.4) is 0 Å². The third kappa shape index (κ3) is 3.81. The number of aliphatic hydroxyl groups excluding tert-OH is 1. The lowest BCUT2D eigenvalue weighted by atomic mass is 9.94. The molecule has 0 aliphatic rings. The van der Waals surface area contributed by atoms with E-state index in [1.54, 1.807) is 0 Å². The molecular weight excluding hydrogens is 246 g/mol. The van der Waals surface area contributed by atoms with Crippen molar-refractivity contribution in [2.24, 2.45) is 0 Å². The fraction of sp³-hybridized carbons (Fsp3) is 0.444. The molecular formula is C18H25NO. The van der Waals surface area contributed by atoms with Crippen molar-refractivity contribution in [2.75, 3.05) is 19.7 Å². The Hall–Kier alpha value is -1.38. The Balaban J connectivity index is 2.05. The number of hydrogen-bond acceptors (Lipinski definition) is 2. The van der Waals surface area contributed by atoms with Gasteiger partial charge in [-0.25, -0.2) is 0 Å². The van der Waals surface area contributed by atoms with E-state index < -0.39 is 0 Å². The van der Waals surface area contributed by atoms with Gasteiger partial charge in [-0.1, -0.05) is 62.2 Å². The Morgan fingerprint density at radius 1 is 1.05 bits per heavy atom. The zero-order valence-electron chi connectivity index (χ0n) is 12.3. The van der Waals surface area contributed by atoms with Gasteiger partial charge in [-0.3, -0.25) is 0 Å². The van der Waals surface area contributed by atoms with E-state index in [-0.39, 0.29) is 12.5 Å². The summed E-state index contributed by atoms with van der Waals surface area (Å²) in [5, 5.41) is 15.7. The highest BCUT2D eigenvalue weighted by Crippen LogP contribution is 2.25. The van der Waals surface area contributed by atoms with Crippen LogP contribution in [0.1, 0.15) is 37.7 Å². The fourth-order valence-electron chi connectivity index (χ4n) is 2.66. The van der Waals surface area contributed by atoms with Crippen LogP contribution in [-0.2, 0) is 0 Å². The van der Waals surface area contributed by atoms with Crippen molar-refractivity contribution in [1.29, 1.82) is 0 Å². The molecule has 0 heterocycles. The van der Waals surface area contributed by atoms with Crippen molar-refractivity contribution in [3.63, 3.8) is 0 Å². The number of benzene rings is 2. The second-order valence-corrected chi connectivity index (χ2v) is 5.36. The molecule has 0 aliphatic heterocycles. The predicted octanol–water partition coefficient (Wildman–Crippen LogP) is 3.70. The van der Waals surface area contributed by atoms with Crippen LogP contribution in [0.4, 0.5) is 0 Å². The maximum Gasteiger partial charge on any atom is 0.0512 e. The second-order valence-electron chi connectivity index (χ2n) is 5.36. The molecule has 2 aromatic rings. The molecule has 0 saturated carbocycles. The minimum atomic E-state index is 0.169. The number of aliphatic hydroxyl groups is 1. The van der Waals surface area contributed by atoms with Gasteiger partial charge in [0.2, 0.25) is 0 Å². The number of fused-ring (bicyclic) bond motifs is 1. The van der Waals surface area contributed by atoms with E-state index in [1.807, 2.05) is 0 Å². The maximum absolute atomic E-state index is 9.70. The van der Waals surface area contributed by atoms with E-state index in [1.165, 1.54) is 35.6 Å². The Morgan fingerprint density at radius 3 is 2.65 bits per heavy atom. The quantitative estimate of drug-likeness (QED) is 0.718. The third-order valence-corrected chi connectivity index (χ3v) is 3.83. The van der Waals surface area contributed by atoms with Crippen molar-refractivity contribution in [2.45, 2.75) is 32.1 Å². The standard InChI is InChI=1S/C18H25NO/c1-2-3-6-12-19-13-16(14-20)18-11-7-9-15-8-4-5-10-17(15)18/h4-5,7-11,16,19-20H,2-3,6,12-14H2,1H3. The van der Waals surface area contributed by atoms with Gasteiger partial charge in [0, 0.05) is 12.5 Å². The van der Waals surface area contributed by atoms with E-state index in [2.05, 4.69) is 54.7 Å². The molecule has 0 amide bonds. The van der Waals surface area contributed by atoms with Crippen LogP contribution in [0, 0.1) is 0 Å². The molecule has 0 aliphatic carbocycles. The molecule has 0 spiro atoms. The fourth-order valence-corrected chi connectivity index (χ4v) is 2.66. The molecule has 0 radical (unpaired) electrons. The first-order chi connectivity index (χ1) is 9.86. The molecule has 0 aromatic heterocycles. The largest absolute Gasteiger partial charge is 0.396 e. The average molecular weight is 271 g/mol. The van der Waals surface area contributed by atoms with Crippen molar-refractivity contribution in [3.05, 3.63) is 48.0 Å². The SMILES string of the molecule is CCCCCNCC(CO)c1cccc2ccccc12. The van der Waals surface area contributed by atoms with Gasteiger partial charge in [-0.15, -0.1) is 0 Å². The number of unbranched alkanes of at least 4 members (excludes halogenated alkanes) is 2. The summed E-state index contributed by atoms with van der Waals surface area (Å²) in [6.07, 6.45) is 3.73. The monoisotopic (exact) mass is 271 g/mol. The highest BCUT2D eigenvalue weighted by Gasteiger charge is 2.12. The number of hydrogen-bond donors (Lipinski definition) is 2. The van der Waals surface area contributed by atoms with Crippen molar-refractivity contribution >= 4 is 10.8 Å². The molecule has 2 nitrogen and oxygen atoms in total. The van der Waals surface area contributed by atoms with Gasteiger partial charge in [0.25, 0.3) is 0 Å². The predicted molar refractivity (Wildman–Crippen MR) is 86.2 cm³/mol. The van der Waals surface area contributed by atoms with Gasteiger partial charge in [0.05, 0.1) is 6.61 Å². The molecule has 0 bridgehead atoms. The summed E-state index contributed by atoms with van der Waals surface area (Å²) >= 11 is 0. The zero-order chi connectivity index (χ0) is 14.2. The van der Waals surface area contributed by atoms with E-state index in [4.69, 9.17) is 0 Å². The van der Waals surface area contributed by atoms with Crippen LogP contribution in [0.25, 0.3) is 10.8 Å². The lowest BCUT2D eigenvalue weighted by Gasteiger charge is -2.17. The number of rotatable bonds is 8. The van der Waals surface area contributed by atoms with E-state index >= 15 is 0 Å². The van der Waals surface area contributed by atoms with Crippen LogP contribution in [0.2, 0.25) is 0 Å². The van der Waals surface area contributed by atoms with E-state index in [9.17, 15) is 5.11 Å². The molecule has 20 heavy (non-hydrogen) atoms. The summed E-state index contributed by atoms with van der Waals surface area (Å²) in [4.78, 5) is 0. The summed E-state index contributed by atoms with van der Waals surface area (Å²) in [6.45, 7) is 4.28. The van der Waals surface area contributed by atoms with Gasteiger partial charge in [-0.05, 0) is 29.3 Å². The van der Waals surface area contributed by atoms with Gasteiger partial charge < -0.3 is 10.4 Å². The van der Waals surface area contributed by atoms with Crippen LogP contribution in [-0.4, -0.2) is 24.8 Å². The molecule has 0 saturated heterocycles. The van der Waals surface area contributed by atoms with Gasteiger partial charge >= 0.3 is 0 Å².